The van der Waals surface area contributed by atoms with Crippen LogP contribution < -0.4 is 0 Å². The maximum absolute atomic E-state index is 12.8. The molecule has 0 atom stereocenters. The van der Waals surface area contributed by atoms with Crippen molar-refractivity contribution in [1.29, 1.82) is 0 Å². The third kappa shape index (κ3) is 1.32. The average Bonchev–Trinajstić information content (AvgIpc) is 2.76. The lowest BCUT2D eigenvalue weighted by atomic mass is 9.65. The first-order valence-electron chi connectivity index (χ1n) is 7.04. The van der Waals surface area contributed by atoms with Gasteiger partial charge in [-0.25, -0.2) is 0 Å². The second-order valence-electron chi connectivity index (χ2n) is 6.38. The van der Waals surface area contributed by atoms with Gasteiger partial charge < -0.3 is 4.90 Å². The highest BCUT2D eigenvalue weighted by molar-refractivity contribution is 5.89. The van der Waals surface area contributed by atoms with Crippen molar-refractivity contribution < 1.29 is 4.79 Å². The van der Waals surface area contributed by atoms with Crippen molar-refractivity contribution in [3.63, 3.8) is 0 Å². The topological polar surface area (TPSA) is 49.0 Å². The minimum Gasteiger partial charge on any atom is -0.341 e. The summed E-state index contributed by atoms with van der Waals surface area (Å²) < 4.78 is 0. The van der Waals surface area contributed by atoms with Crippen LogP contribution in [0.3, 0.4) is 0 Å². The molecule has 2 saturated carbocycles. The van der Waals surface area contributed by atoms with Gasteiger partial charge in [-0.2, -0.15) is 5.10 Å². The summed E-state index contributed by atoms with van der Waals surface area (Å²) in [5.74, 6) is 0.349. The van der Waals surface area contributed by atoms with Crippen LogP contribution in [-0.2, 0) is 10.2 Å². The highest BCUT2D eigenvalue weighted by atomic mass is 16.2. The molecule has 1 saturated heterocycles. The van der Waals surface area contributed by atoms with Gasteiger partial charge in [0.05, 0.1) is 11.1 Å². The van der Waals surface area contributed by atoms with Crippen molar-refractivity contribution in [3.8, 4) is 0 Å². The number of amides is 1. The van der Waals surface area contributed by atoms with E-state index in [4.69, 9.17) is 0 Å². The Morgan fingerprint density at radius 2 is 2.11 bits per heavy atom. The molecule has 0 aromatic carbocycles. The molecule has 1 amide bonds. The molecule has 3 fully saturated rings. The minimum absolute atomic E-state index is 0.267. The number of hydrogen-bond acceptors (Lipinski definition) is 2. The number of hydrogen-bond donors (Lipinski definition) is 1. The van der Waals surface area contributed by atoms with Crippen LogP contribution in [0.25, 0.3) is 0 Å². The summed E-state index contributed by atoms with van der Waals surface area (Å²) in [7, 11) is 0. The van der Waals surface area contributed by atoms with Gasteiger partial charge in [0, 0.05) is 19.3 Å². The Hall–Kier alpha value is -1.32. The summed E-state index contributed by atoms with van der Waals surface area (Å²) in [5, 5.41) is 7.05. The van der Waals surface area contributed by atoms with Crippen molar-refractivity contribution in [1.82, 2.24) is 15.1 Å². The molecule has 1 N–H and O–H groups in total. The first-order chi connectivity index (χ1) is 8.74. The largest absolute Gasteiger partial charge is 0.341 e. The number of H-pyrrole nitrogens is 1. The number of carbonyl (C=O) groups excluding carboxylic acids is 1. The fourth-order valence-corrected chi connectivity index (χ4v) is 3.65. The second kappa shape index (κ2) is 3.37. The van der Waals surface area contributed by atoms with Gasteiger partial charge in [-0.05, 0) is 43.6 Å². The van der Waals surface area contributed by atoms with Crippen LogP contribution in [0, 0.1) is 5.41 Å². The van der Waals surface area contributed by atoms with Gasteiger partial charge in [-0.1, -0.05) is 6.42 Å². The Labute approximate surface area is 107 Å². The highest BCUT2D eigenvalue weighted by Crippen LogP contribution is 2.54. The fourth-order valence-electron chi connectivity index (χ4n) is 3.65. The van der Waals surface area contributed by atoms with E-state index in [-0.39, 0.29) is 5.41 Å². The van der Waals surface area contributed by atoms with E-state index in [1.165, 1.54) is 19.3 Å². The zero-order chi connectivity index (χ0) is 12.2. The Balaban J connectivity index is 1.59. The summed E-state index contributed by atoms with van der Waals surface area (Å²) in [6, 6.07) is 1.97. The SMILES string of the molecule is O=C(N1CCC2(CC2)C1)C1(c2ccn[nH]2)CCC1. The van der Waals surface area contributed by atoms with Gasteiger partial charge in [-0.15, -0.1) is 0 Å². The Kier molecular flexibility index (Phi) is 1.98. The fraction of sp³-hybridized carbons (Fsp3) is 0.714. The average molecular weight is 245 g/mol. The number of aromatic nitrogens is 2. The Morgan fingerprint density at radius 3 is 2.61 bits per heavy atom. The zero-order valence-electron chi connectivity index (χ0n) is 10.6. The lowest BCUT2D eigenvalue weighted by molar-refractivity contribution is -0.140. The van der Waals surface area contributed by atoms with Crippen molar-refractivity contribution in [3.05, 3.63) is 18.0 Å². The molecular weight excluding hydrogens is 226 g/mol. The van der Waals surface area contributed by atoms with Crippen molar-refractivity contribution in [2.75, 3.05) is 13.1 Å². The number of aromatic amines is 1. The molecule has 1 spiro atoms. The standard InChI is InChI=1S/C14H19N3O/c18-12(17-9-7-13(10-17)5-6-13)14(3-1-4-14)11-2-8-15-16-11/h2,8H,1,3-7,9-10H2,(H,15,16). The molecule has 4 heteroatoms. The van der Waals surface area contributed by atoms with E-state index in [9.17, 15) is 4.79 Å². The lowest BCUT2D eigenvalue weighted by Gasteiger charge is -2.41. The number of likely N-dealkylation sites (tertiary alicyclic amines) is 1. The van der Waals surface area contributed by atoms with Crippen molar-refractivity contribution >= 4 is 5.91 Å². The van der Waals surface area contributed by atoms with Gasteiger partial charge in [0.25, 0.3) is 0 Å². The highest BCUT2D eigenvalue weighted by Gasteiger charge is 2.54. The lowest BCUT2D eigenvalue weighted by Crippen LogP contribution is -2.50. The maximum Gasteiger partial charge on any atom is 0.234 e. The van der Waals surface area contributed by atoms with Crippen LogP contribution in [0.2, 0.25) is 0 Å². The predicted octanol–water partition coefficient (Wildman–Crippen LogP) is 1.84. The molecular formula is C14H19N3O. The second-order valence-corrected chi connectivity index (χ2v) is 6.38. The summed E-state index contributed by atoms with van der Waals surface area (Å²) in [5.41, 5.74) is 1.28. The number of carbonyl (C=O) groups is 1. The third-order valence-corrected chi connectivity index (χ3v) is 5.32. The first kappa shape index (κ1) is 10.6. The summed E-state index contributed by atoms with van der Waals surface area (Å²) >= 11 is 0. The molecule has 3 aliphatic rings. The van der Waals surface area contributed by atoms with Gasteiger partial charge in [-0.3, -0.25) is 9.89 Å². The minimum atomic E-state index is -0.267. The summed E-state index contributed by atoms with van der Waals surface area (Å²) in [6.07, 6.45) is 8.76. The third-order valence-electron chi connectivity index (χ3n) is 5.32. The van der Waals surface area contributed by atoms with E-state index in [1.54, 1.807) is 6.20 Å². The van der Waals surface area contributed by atoms with Crippen LogP contribution in [0.15, 0.2) is 12.3 Å². The zero-order valence-corrected chi connectivity index (χ0v) is 10.6. The molecule has 1 aliphatic heterocycles. The molecule has 4 nitrogen and oxygen atoms in total. The Bertz CT molecular complexity index is 471. The van der Waals surface area contributed by atoms with E-state index < -0.39 is 0 Å². The maximum atomic E-state index is 12.8. The smallest absolute Gasteiger partial charge is 0.234 e. The van der Waals surface area contributed by atoms with Gasteiger partial charge in [0.1, 0.15) is 0 Å². The molecule has 96 valence electrons. The van der Waals surface area contributed by atoms with E-state index in [0.29, 0.717) is 11.3 Å². The van der Waals surface area contributed by atoms with Crippen LogP contribution in [-0.4, -0.2) is 34.1 Å². The van der Waals surface area contributed by atoms with Crippen LogP contribution in [0.4, 0.5) is 0 Å². The van der Waals surface area contributed by atoms with Crippen LogP contribution >= 0.6 is 0 Å². The molecule has 2 aliphatic carbocycles. The van der Waals surface area contributed by atoms with Gasteiger partial charge in [0.2, 0.25) is 5.91 Å². The van der Waals surface area contributed by atoms with Gasteiger partial charge >= 0.3 is 0 Å². The molecule has 0 radical (unpaired) electrons. The van der Waals surface area contributed by atoms with Crippen molar-refractivity contribution in [2.24, 2.45) is 5.41 Å². The molecule has 2 heterocycles. The quantitative estimate of drug-likeness (QED) is 0.864. The van der Waals surface area contributed by atoms with Crippen LogP contribution in [0.5, 0.6) is 0 Å². The van der Waals surface area contributed by atoms with E-state index in [2.05, 4.69) is 15.1 Å². The summed E-state index contributed by atoms with van der Waals surface area (Å²) in [6.45, 7) is 1.97. The van der Waals surface area contributed by atoms with Crippen molar-refractivity contribution in [2.45, 2.75) is 43.9 Å². The number of nitrogens with zero attached hydrogens (tertiary/aromatic N) is 2. The molecule has 1 aromatic rings. The number of nitrogens with one attached hydrogen (secondary N) is 1. The van der Waals surface area contributed by atoms with E-state index >= 15 is 0 Å². The van der Waals surface area contributed by atoms with E-state index in [0.717, 1.165) is 38.0 Å². The molecule has 0 bridgehead atoms. The van der Waals surface area contributed by atoms with E-state index in [1.807, 2.05) is 6.07 Å². The predicted molar refractivity (Wildman–Crippen MR) is 67.0 cm³/mol. The van der Waals surface area contributed by atoms with Crippen LogP contribution in [0.1, 0.15) is 44.2 Å². The first-order valence-corrected chi connectivity index (χ1v) is 7.04. The molecule has 1 aromatic heterocycles. The monoisotopic (exact) mass is 245 g/mol. The molecule has 0 unspecified atom stereocenters. The summed E-state index contributed by atoms with van der Waals surface area (Å²) in [4.78, 5) is 15.0. The molecule has 4 rings (SSSR count). The Morgan fingerprint density at radius 1 is 1.28 bits per heavy atom. The normalized spacial score (nSPS) is 27.2. The molecule has 18 heavy (non-hydrogen) atoms. The number of rotatable bonds is 2. The van der Waals surface area contributed by atoms with Gasteiger partial charge in [0.15, 0.2) is 0 Å².